The van der Waals surface area contributed by atoms with Crippen LogP contribution in [0.2, 0.25) is 0 Å². The van der Waals surface area contributed by atoms with Crippen molar-refractivity contribution in [2.24, 2.45) is 0 Å². The average molecular weight is 244 g/mol. The van der Waals surface area contributed by atoms with Crippen molar-refractivity contribution in [3.05, 3.63) is 0 Å². The molecular formula is C12H24N2O3. The summed E-state index contributed by atoms with van der Waals surface area (Å²) in [6, 6.07) is -0.134. The van der Waals surface area contributed by atoms with E-state index >= 15 is 0 Å². The number of piperazine rings is 1. The standard InChI is InChI=1S/C12H24N2O3/c1-3-16-9-5-7-14-8-6-13-10-11(14)12(15)17-4-2/h11,13H,3-10H2,1-2H3. The van der Waals surface area contributed by atoms with Crippen LogP contribution < -0.4 is 5.32 Å². The van der Waals surface area contributed by atoms with Gasteiger partial charge in [-0.3, -0.25) is 9.69 Å². The Balaban J connectivity index is 2.34. The molecule has 0 aliphatic carbocycles. The topological polar surface area (TPSA) is 50.8 Å². The van der Waals surface area contributed by atoms with Gasteiger partial charge in [-0.25, -0.2) is 0 Å². The van der Waals surface area contributed by atoms with Crippen LogP contribution in [0.4, 0.5) is 0 Å². The van der Waals surface area contributed by atoms with Gasteiger partial charge in [0.2, 0.25) is 0 Å². The molecular weight excluding hydrogens is 220 g/mol. The van der Waals surface area contributed by atoms with Crippen molar-refractivity contribution in [1.82, 2.24) is 10.2 Å². The molecule has 1 rings (SSSR count). The first-order valence-corrected chi connectivity index (χ1v) is 6.48. The summed E-state index contributed by atoms with van der Waals surface area (Å²) in [5.41, 5.74) is 0. The van der Waals surface area contributed by atoms with Gasteiger partial charge in [0.05, 0.1) is 6.61 Å². The Labute approximate surface area is 103 Å². The lowest BCUT2D eigenvalue weighted by molar-refractivity contribution is -0.150. The zero-order chi connectivity index (χ0) is 12.5. The fourth-order valence-electron chi connectivity index (χ4n) is 2.00. The molecule has 1 aliphatic rings. The van der Waals surface area contributed by atoms with Crippen molar-refractivity contribution in [2.45, 2.75) is 26.3 Å². The zero-order valence-electron chi connectivity index (χ0n) is 10.9. The SMILES string of the molecule is CCOCCCN1CCNCC1C(=O)OCC. The number of nitrogens with zero attached hydrogens (tertiary/aromatic N) is 1. The molecule has 1 N–H and O–H groups in total. The van der Waals surface area contributed by atoms with E-state index in [9.17, 15) is 4.79 Å². The Bertz CT molecular complexity index is 224. The molecule has 0 spiro atoms. The summed E-state index contributed by atoms with van der Waals surface area (Å²) in [5.74, 6) is -0.115. The van der Waals surface area contributed by atoms with Crippen LogP contribution in [0.1, 0.15) is 20.3 Å². The highest BCUT2D eigenvalue weighted by atomic mass is 16.5. The molecule has 1 unspecified atom stereocenters. The maximum atomic E-state index is 11.8. The zero-order valence-corrected chi connectivity index (χ0v) is 10.9. The monoisotopic (exact) mass is 244 g/mol. The lowest BCUT2D eigenvalue weighted by Gasteiger charge is -2.34. The number of esters is 1. The van der Waals surface area contributed by atoms with Gasteiger partial charge in [0.1, 0.15) is 6.04 Å². The predicted molar refractivity (Wildman–Crippen MR) is 66.0 cm³/mol. The molecule has 100 valence electrons. The molecule has 1 fully saturated rings. The lowest BCUT2D eigenvalue weighted by Crippen LogP contribution is -2.55. The van der Waals surface area contributed by atoms with Gasteiger partial charge in [-0.15, -0.1) is 0 Å². The van der Waals surface area contributed by atoms with Gasteiger partial charge in [-0.05, 0) is 20.3 Å². The predicted octanol–water partition coefficient (Wildman–Crippen LogP) is 0.250. The molecule has 0 aromatic rings. The maximum absolute atomic E-state index is 11.8. The summed E-state index contributed by atoms with van der Waals surface area (Å²) in [7, 11) is 0. The third-order valence-corrected chi connectivity index (χ3v) is 2.85. The van der Waals surface area contributed by atoms with Gasteiger partial charge in [-0.1, -0.05) is 0 Å². The summed E-state index contributed by atoms with van der Waals surface area (Å²) < 4.78 is 10.4. The molecule has 17 heavy (non-hydrogen) atoms. The number of rotatable bonds is 7. The van der Waals surface area contributed by atoms with E-state index in [0.29, 0.717) is 13.2 Å². The first-order chi connectivity index (χ1) is 8.29. The van der Waals surface area contributed by atoms with E-state index in [0.717, 1.165) is 39.3 Å². The molecule has 1 atom stereocenters. The molecule has 1 heterocycles. The van der Waals surface area contributed by atoms with Gasteiger partial charge in [-0.2, -0.15) is 0 Å². The van der Waals surface area contributed by atoms with Crippen molar-refractivity contribution in [2.75, 3.05) is 46.0 Å². The van der Waals surface area contributed by atoms with Crippen LogP contribution in [0.15, 0.2) is 0 Å². The van der Waals surface area contributed by atoms with Crippen molar-refractivity contribution in [3.8, 4) is 0 Å². The van der Waals surface area contributed by atoms with Crippen LogP contribution in [-0.4, -0.2) is 62.9 Å². The fourth-order valence-corrected chi connectivity index (χ4v) is 2.00. The minimum Gasteiger partial charge on any atom is -0.465 e. The van der Waals surface area contributed by atoms with E-state index in [1.54, 1.807) is 0 Å². The summed E-state index contributed by atoms with van der Waals surface area (Å²) >= 11 is 0. The van der Waals surface area contributed by atoms with Crippen molar-refractivity contribution in [1.29, 1.82) is 0 Å². The average Bonchev–Trinajstić information content (AvgIpc) is 2.35. The molecule has 0 saturated carbocycles. The minimum atomic E-state index is -0.134. The van der Waals surface area contributed by atoms with E-state index in [4.69, 9.17) is 9.47 Å². The third-order valence-electron chi connectivity index (χ3n) is 2.85. The van der Waals surface area contributed by atoms with Gasteiger partial charge < -0.3 is 14.8 Å². The molecule has 0 aromatic heterocycles. The van der Waals surface area contributed by atoms with Crippen LogP contribution in [0.5, 0.6) is 0 Å². The summed E-state index contributed by atoms with van der Waals surface area (Å²) in [6.45, 7) is 9.21. The van der Waals surface area contributed by atoms with Gasteiger partial charge in [0, 0.05) is 39.4 Å². The number of carbonyl (C=O) groups excluding carboxylic acids is 1. The second-order valence-electron chi connectivity index (χ2n) is 4.06. The maximum Gasteiger partial charge on any atom is 0.324 e. The molecule has 0 aromatic carbocycles. The van der Waals surface area contributed by atoms with Crippen LogP contribution in [0, 0.1) is 0 Å². The number of hydrogen-bond donors (Lipinski definition) is 1. The van der Waals surface area contributed by atoms with E-state index in [1.807, 2.05) is 13.8 Å². The third kappa shape index (κ3) is 5.02. The van der Waals surface area contributed by atoms with E-state index < -0.39 is 0 Å². The van der Waals surface area contributed by atoms with Gasteiger partial charge >= 0.3 is 5.97 Å². The molecule has 0 radical (unpaired) electrons. The summed E-state index contributed by atoms with van der Waals surface area (Å²) in [4.78, 5) is 14.0. The second-order valence-corrected chi connectivity index (χ2v) is 4.06. The van der Waals surface area contributed by atoms with Crippen LogP contribution in [0.3, 0.4) is 0 Å². The summed E-state index contributed by atoms with van der Waals surface area (Å²) in [6.07, 6.45) is 0.962. The van der Waals surface area contributed by atoms with E-state index in [1.165, 1.54) is 0 Å². The second kappa shape index (κ2) is 8.44. The Morgan fingerprint density at radius 1 is 1.41 bits per heavy atom. The number of carbonyl (C=O) groups is 1. The Kier molecular flexibility index (Phi) is 7.16. The molecule has 0 bridgehead atoms. The molecule has 1 aliphatic heterocycles. The summed E-state index contributed by atoms with van der Waals surface area (Å²) in [5, 5.41) is 3.23. The minimum absolute atomic E-state index is 0.115. The number of nitrogens with one attached hydrogen (secondary N) is 1. The normalized spacial score (nSPS) is 21.4. The smallest absolute Gasteiger partial charge is 0.324 e. The number of hydrogen-bond acceptors (Lipinski definition) is 5. The van der Waals surface area contributed by atoms with Gasteiger partial charge in [0.15, 0.2) is 0 Å². The fraction of sp³-hybridized carbons (Fsp3) is 0.917. The van der Waals surface area contributed by atoms with Crippen molar-refractivity contribution < 1.29 is 14.3 Å². The van der Waals surface area contributed by atoms with Crippen LogP contribution >= 0.6 is 0 Å². The van der Waals surface area contributed by atoms with Crippen molar-refractivity contribution in [3.63, 3.8) is 0 Å². The molecule has 0 amide bonds. The quantitative estimate of drug-likeness (QED) is 0.514. The first kappa shape index (κ1) is 14.4. The van der Waals surface area contributed by atoms with Crippen LogP contribution in [-0.2, 0) is 14.3 Å². The Morgan fingerprint density at radius 2 is 2.24 bits per heavy atom. The molecule has 5 nitrogen and oxygen atoms in total. The first-order valence-electron chi connectivity index (χ1n) is 6.48. The van der Waals surface area contributed by atoms with Gasteiger partial charge in [0.25, 0.3) is 0 Å². The Hall–Kier alpha value is -0.650. The number of ether oxygens (including phenoxy) is 2. The van der Waals surface area contributed by atoms with E-state index in [2.05, 4.69) is 10.2 Å². The molecule has 5 heteroatoms. The largest absolute Gasteiger partial charge is 0.465 e. The van der Waals surface area contributed by atoms with E-state index in [-0.39, 0.29) is 12.0 Å². The highest BCUT2D eigenvalue weighted by Gasteiger charge is 2.28. The van der Waals surface area contributed by atoms with Crippen molar-refractivity contribution >= 4 is 5.97 Å². The Morgan fingerprint density at radius 3 is 2.94 bits per heavy atom. The highest BCUT2D eigenvalue weighted by molar-refractivity contribution is 5.76. The lowest BCUT2D eigenvalue weighted by atomic mass is 10.2. The highest BCUT2D eigenvalue weighted by Crippen LogP contribution is 2.06. The molecule has 1 saturated heterocycles. The van der Waals surface area contributed by atoms with Crippen LogP contribution in [0.25, 0.3) is 0 Å².